The third-order valence-corrected chi connectivity index (χ3v) is 3.24. The van der Waals surface area contributed by atoms with Gasteiger partial charge in [0.15, 0.2) is 9.84 Å². The van der Waals surface area contributed by atoms with Crippen molar-refractivity contribution in [1.29, 1.82) is 0 Å². The highest BCUT2D eigenvalue weighted by atomic mass is 35.5. The summed E-state index contributed by atoms with van der Waals surface area (Å²) >= 11 is 5.74. The standard InChI is InChI=1S/C9H12ClNO3S/c1-15(13,14)8-3-6(9(12)5-11)2-7(10)4-8/h2-4,9,12H,5,11H2,1H3. The van der Waals surface area contributed by atoms with Gasteiger partial charge in [-0.1, -0.05) is 11.6 Å². The van der Waals surface area contributed by atoms with Crippen LogP contribution < -0.4 is 5.73 Å². The van der Waals surface area contributed by atoms with Gasteiger partial charge >= 0.3 is 0 Å². The maximum absolute atomic E-state index is 11.3. The van der Waals surface area contributed by atoms with Crippen molar-refractivity contribution in [3.05, 3.63) is 28.8 Å². The lowest BCUT2D eigenvalue weighted by atomic mass is 10.1. The zero-order chi connectivity index (χ0) is 11.6. The van der Waals surface area contributed by atoms with E-state index < -0.39 is 15.9 Å². The minimum absolute atomic E-state index is 0.0174. The molecule has 3 N–H and O–H groups in total. The molecule has 4 nitrogen and oxygen atoms in total. The SMILES string of the molecule is CS(=O)(=O)c1cc(Cl)cc(C(O)CN)c1. The molecule has 1 rings (SSSR count). The van der Waals surface area contributed by atoms with E-state index in [1.54, 1.807) is 0 Å². The lowest BCUT2D eigenvalue weighted by Crippen LogP contribution is -2.12. The number of hydrogen-bond acceptors (Lipinski definition) is 4. The van der Waals surface area contributed by atoms with E-state index in [-0.39, 0.29) is 16.5 Å². The van der Waals surface area contributed by atoms with E-state index >= 15 is 0 Å². The number of sulfone groups is 1. The number of aliphatic hydroxyl groups excluding tert-OH is 1. The highest BCUT2D eigenvalue weighted by Gasteiger charge is 2.13. The Bertz CT molecular complexity index is 458. The number of aliphatic hydroxyl groups is 1. The molecule has 0 radical (unpaired) electrons. The van der Waals surface area contributed by atoms with Crippen LogP contribution in [0.25, 0.3) is 0 Å². The molecule has 0 heterocycles. The summed E-state index contributed by atoms with van der Waals surface area (Å²) in [5.41, 5.74) is 5.68. The molecule has 0 aliphatic carbocycles. The molecule has 6 heteroatoms. The topological polar surface area (TPSA) is 80.4 Å². The van der Waals surface area contributed by atoms with E-state index in [1.165, 1.54) is 18.2 Å². The van der Waals surface area contributed by atoms with Crippen molar-refractivity contribution < 1.29 is 13.5 Å². The van der Waals surface area contributed by atoms with Gasteiger partial charge in [-0.3, -0.25) is 0 Å². The van der Waals surface area contributed by atoms with Gasteiger partial charge in [0, 0.05) is 17.8 Å². The molecule has 1 aromatic carbocycles. The van der Waals surface area contributed by atoms with E-state index in [1.807, 2.05) is 0 Å². The highest BCUT2D eigenvalue weighted by molar-refractivity contribution is 7.90. The van der Waals surface area contributed by atoms with Crippen molar-refractivity contribution in [1.82, 2.24) is 0 Å². The van der Waals surface area contributed by atoms with Crippen LogP contribution in [0.15, 0.2) is 23.1 Å². The van der Waals surface area contributed by atoms with Crippen molar-refractivity contribution in [2.75, 3.05) is 12.8 Å². The summed E-state index contributed by atoms with van der Waals surface area (Å²) in [4.78, 5) is 0.0810. The summed E-state index contributed by atoms with van der Waals surface area (Å²) in [7, 11) is -3.33. The molecule has 1 atom stereocenters. The van der Waals surface area contributed by atoms with Crippen LogP contribution >= 0.6 is 11.6 Å². The fraction of sp³-hybridized carbons (Fsp3) is 0.333. The molecule has 0 aliphatic rings. The minimum Gasteiger partial charge on any atom is -0.387 e. The largest absolute Gasteiger partial charge is 0.387 e. The summed E-state index contributed by atoms with van der Waals surface area (Å²) in [6, 6.07) is 4.20. The van der Waals surface area contributed by atoms with Crippen LogP contribution in [-0.4, -0.2) is 26.3 Å². The van der Waals surface area contributed by atoms with Gasteiger partial charge in [-0.2, -0.15) is 0 Å². The molecule has 15 heavy (non-hydrogen) atoms. The first-order valence-corrected chi connectivity index (χ1v) is 6.50. The highest BCUT2D eigenvalue weighted by Crippen LogP contribution is 2.22. The molecule has 0 aromatic heterocycles. The molecule has 0 saturated heterocycles. The second-order valence-corrected chi connectivity index (χ2v) is 5.70. The fourth-order valence-electron chi connectivity index (χ4n) is 1.13. The van der Waals surface area contributed by atoms with Crippen molar-refractivity contribution in [3.8, 4) is 0 Å². The monoisotopic (exact) mass is 249 g/mol. The summed E-state index contributed by atoms with van der Waals surface area (Å²) in [6.07, 6.45) is 0.182. The number of halogens is 1. The Balaban J connectivity index is 3.29. The Hall–Kier alpha value is -0.620. The van der Waals surface area contributed by atoms with Gasteiger partial charge in [-0.15, -0.1) is 0 Å². The molecule has 0 fully saturated rings. The summed E-state index contributed by atoms with van der Waals surface area (Å²) in [5.74, 6) is 0. The number of benzene rings is 1. The van der Waals surface area contributed by atoms with E-state index in [9.17, 15) is 13.5 Å². The van der Waals surface area contributed by atoms with Crippen molar-refractivity contribution >= 4 is 21.4 Å². The normalized spacial score (nSPS) is 13.9. The second-order valence-electron chi connectivity index (χ2n) is 3.24. The Morgan fingerprint density at radius 1 is 1.47 bits per heavy atom. The zero-order valence-electron chi connectivity index (χ0n) is 8.14. The summed E-state index contributed by atoms with van der Waals surface area (Å²) in [6.45, 7) is 0.0174. The van der Waals surface area contributed by atoms with Crippen LogP contribution in [0.4, 0.5) is 0 Å². The van der Waals surface area contributed by atoms with Gasteiger partial charge < -0.3 is 10.8 Å². The molecular weight excluding hydrogens is 238 g/mol. The smallest absolute Gasteiger partial charge is 0.175 e. The predicted octanol–water partition coefficient (Wildman–Crippen LogP) is 0.736. The lowest BCUT2D eigenvalue weighted by molar-refractivity contribution is 0.186. The van der Waals surface area contributed by atoms with Crippen LogP contribution in [0.2, 0.25) is 5.02 Å². The number of rotatable bonds is 3. The van der Waals surface area contributed by atoms with Crippen molar-refractivity contribution in [2.45, 2.75) is 11.0 Å². The van der Waals surface area contributed by atoms with Crippen LogP contribution in [0, 0.1) is 0 Å². The van der Waals surface area contributed by atoms with Crippen LogP contribution in [0.3, 0.4) is 0 Å². The van der Waals surface area contributed by atoms with E-state index in [4.69, 9.17) is 17.3 Å². The molecule has 0 spiro atoms. The molecule has 0 saturated carbocycles. The van der Waals surface area contributed by atoms with E-state index in [0.29, 0.717) is 5.56 Å². The molecule has 0 amide bonds. The Kier molecular flexibility index (Phi) is 3.72. The summed E-state index contributed by atoms with van der Waals surface area (Å²) < 4.78 is 22.6. The minimum atomic E-state index is -3.33. The Labute approximate surface area is 93.6 Å². The average Bonchev–Trinajstić information content (AvgIpc) is 2.14. The third kappa shape index (κ3) is 3.17. The van der Waals surface area contributed by atoms with Gasteiger partial charge in [0.1, 0.15) is 0 Å². The third-order valence-electron chi connectivity index (χ3n) is 1.93. The molecule has 0 aliphatic heterocycles. The average molecular weight is 250 g/mol. The molecular formula is C9H12ClNO3S. The van der Waals surface area contributed by atoms with Gasteiger partial charge in [0.2, 0.25) is 0 Å². The quantitative estimate of drug-likeness (QED) is 0.828. The second kappa shape index (κ2) is 4.49. The van der Waals surface area contributed by atoms with Gasteiger partial charge in [-0.25, -0.2) is 8.42 Å². The number of hydrogen-bond donors (Lipinski definition) is 2. The Morgan fingerprint density at radius 3 is 2.53 bits per heavy atom. The first-order chi connectivity index (χ1) is 6.84. The van der Waals surface area contributed by atoms with E-state index in [2.05, 4.69) is 0 Å². The van der Waals surface area contributed by atoms with Gasteiger partial charge in [-0.05, 0) is 23.8 Å². The van der Waals surface area contributed by atoms with Crippen LogP contribution in [0.5, 0.6) is 0 Å². The number of nitrogens with two attached hydrogens (primary N) is 1. The van der Waals surface area contributed by atoms with Crippen LogP contribution in [-0.2, 0) is 9.84 Å². The lowest BCUT2D eigenvalue weighted by Gasteiger charge is -2.10. The molecule has 1 unspecified atom stereocenters. The van der Waals surface area contributed by atoms with Gasteiger partial charge in [0.05, 0.1) is 11.0 Å². The zero-order valence-corrected chi connectivity index (χ0v) is 9.72. The maximum atomic E-state index is 11.3. The maximum Gasteiger partial charge on any atom is 0.175 e. The first-order valence-electron chi connectivity index (χ1n) is 4.23. The van der Waals surface area contributed by atoms with Crippen LogP contribution in [0.1, 0.15) is 11.7 Å². The van der Waals surface area contributed by atoms with Crippen molar-refractivity contribution in [3.63, 3.8) is 0 Å². The Morgan fingerprint density at radius 2 is 2.07 bits per heavy atom. The fourth-order valence-corrected chi connectivity index (χ4v) is 2.13. The van der Waals surface area contributed by atoms with E-state index in [0.717, 1.165) is 6.26 Å². The van der Waals surface area contributed by atoms with Gasteiger partial charge in [0.25, 0.3) is 0 Å². The predicted molar refractivity (Wildman–Crippen MR) is 58.6 cm³/mol. The molecule has 0 bridgehead atoms. The van der Waals surface area contributed by atoms with Crippen molar-refractivity contribution in [2.24, 2.45) is 5.73 Å². The molecule has 84 valence electrons. The molecule has 1 aromatic rings. The summed E-state index contributed by atoms with van der Waals surface area (Å²) in [5, 5.41) is 9.73. The first kappa shape index (κ1) is 12.4.